The monoisotopic (exact) mass is 486 g/mol. The lowest BCUT2D eigenvalue weighted by molar-refractivity contribution is -0.384. The van der Waals surface area contributed by atoms with E-state index < -0.39 is 16.7 Å². The van der Waals surface area contributed by atoms with Crippen molar-refractivity contribution in [2.45, 2.75) is 12.8 Å². The van der Waals surface area contributed by atoms with Crippen LogP contribution >= 0.6 is 22.6 Å². The van der Waals surface area contributed by atoms with E-state index in [9.17, 15) is 24.5 Å². The summed E-state index contributed by atoms with van der Waals surface area (Å²) in [5.41, 5.74) is 0.140. The number of carbonyl (C=O) groups is 3. The number of hydrogen-bond acceptors (Lipinski definition) is 5. The van der Waals surface area contributed by atoms with Crippen LogP contribution < -0.4 is 0 Å². The molecule has 2 aliphatic heterocycles. The maximum atomic E-state index is 12.7. The molecule has 2 saturated heterocycles. The molecule has 1 aromatic carbocycles. The Morgan fingerprint density at radius 3 is 1.96 bits per heavy atom. The summed E-state index contributed by atoms with van der Waals surface area (Å²) < 4.78 is 0.630. The van der Waals surface area contributed by atoms with Gasteiger partial charge in [0.25, 0.3) is 11.6 Å². The Balaban J connectivity index is 1.62. The quantitative estimate of drug-likeness (QED) is 0.270. The molecular formula is C17H19IN4O5. The molecule has 0 unspecified atom stereocenters. The zero-order chi connectivity index (χ0) is 19.6. The number of nitro groups is 1. The van der Waals surface area contributed by atoms with Gasteiger partial charge in [-0.2, -0.15) is 0 Å². The van der Waals surface area contributed by atoms with Gasteiger partial charge in [0.05, 0.1) is 10.5 Å². The number of carbonyl (C=O) groups excluding carboxylic acids is 3. The van der Waals surface area contributed by atoms with Crippen LogP contribution in [0.25, 0.3) is 0 Å². The average Bonchev–Trinajstić information content (AvgIpc) is 3.21. The van der Waals surface area contributed by atoms with E-state index in [1.807, 2.05) is 22.6 Å². The molecule has 0 saturated carbocycles. The molecule has 3 rings (SSSR count). The molecule has 27 heavy (non-hydrogen) atoms. The Morgan fingerprint density at radius 1 is 0.889 bits per heavy atom. The lowest BCUT2D eigenvalue weighted by Gasteiger charge is -2.35. The topological polar surface area (TPSA) is 104 Å². The van der Waals surface area contributed by atoms with Gasteiger partial charge in [-0.05, 0) is 41.5 Å². The van der Waals surface area contributed by atoms with E-state index in [1.165, 1.54) is 17.0 Å². The van der Waals surface area contributed by atoms with E-state index in [1.54, 1.807) is 15.9 Å². The third-order valence-electron chi connectivity index (χ3n) is 4.82. The van der Waals surface area contributed by atoms with Crippen molar-refractivity contribution >= 4 is 46.0 Å². The summed E-state index contributed by atoms with van der Waals surface area (Å²) >= 11 is 1.97. The standard InChI is InChI=1S/C17H19IN4O5/c18-14-4-3-12(22(26)27)11-13(14)15(23)20-7-9-21(10-8-20)17(25)16(24)19-5-1-2-6-19/h3-4,11H,1-2,5-10H2. The highest BCUT2D eigenvalue weighted by molar-refractivity contribution is 14.1. The first-order chi connectivity index (χ1) is 12.9. The average molecular weight is 486 g/mol. The molecule has 0 aromatic heterocycles. The fraction of sp³-hybridized carbons (Fsp3) is 0.471. The maximum Gasteiger partial charge on any atom is 0.312 e. The Bertz CT molecular complexity index is 786. The van der Waals surface area contributed by atoms with Crippen molar-refractivity contribution in [2.24, 2.45) is 0 Å². The van der Waals surface area contributed by atoms with Gasteiger partial charge in [0, 0.05) is 55.0 Å². The van der Waals surface area contributed by atoms with Crippen molar-refractivity contribution in [1.82, 2.24) is 14.7 Å². The second kappa shape index (κ2) is 8.19. The lowest BCUT2D eigenvalue weighted by atomic mass is 10.1. The Hall–Kier alpha value is -2.24. The Kier molecular flexibility index (Phi) is 5.92. The minimum atomic E-state index is -0.534. The molecule has 3 amide bonds. The summed E-state index contributed by atoms with van der Waals surface area (Å²) in [7, 11) is 0. The summed E-state index contributed by atoms with van der Waals surface area (Å²) in [5.74, 6) is -1.30. The molecule has 0 spiro atoms. The largest absolute Gasteiger partial charge is 0.335 e. The van der Waals surface area contributed by atoms with Crippen molar-refractivity contribution in [1.29, 1.82) is 0 Å². The second-order valence-electron chi connectivity index (χ2n) is 6.50. The van der Waals surface area contributed by atoms with Gasteiger partial charge in [0.15, 0.2) is 0 Å². The zero-order valence-electron chi connectivity index (χ0n) is 14.6. The van der Waals surface area contributed by atoms with Crippen molar-refractivity contribution in [3.05, 3.63) is 37.4 Å². The number of nitrogens with zero attached hydrogens (tertiary/aromatic N) is 4. The summed E-state index contributed by atoms with van der Waals surface area (Å²) in [6, 6.07) is 4.18. The number of amides is 3. The molecule has 0 bridgehead atoms. The van der Waals surface area contributed by atoms with Crippen LogP contribution in [0.2, 0.25) is 0 Å². The van der Waals surface area contributed by atoms with Crippen LogP contribution in [0.3, 0.4) is 0 Å². The number of nitro benzene ring substituents is 1. The van der Waals surface area contributed by atoms with Gasteiger partial charge in [-0.25, -0.2) is 0 Å². The van der Waals surface area contributed by atoms with E-state index in [0.29, 0.717) is 16.7 Å². The van der Waals surface area contributed by atoms with Crippen LogP contribution in [0, 0.1) is 13.7 Å². The van der Waals surface area contributed by atoms with E-state index in [0.717, 1.165) is 12.8 Å². The first-order valence-corrected chi connectivity index (χ1v) is 9.78. The predicted molar refractivity (Wildman–Crippen MR) is 104 cm³/mol. The number of non-ortho nitro benzene ring substituents is 1. The fourth-order valence-corrected chi connectivity index (χ4v) is 3.83. The van der Waals surface area contributed by atoms with Gasteiger partial charge in [-0.15, -0.1) is 0 Å². The fourth-order valence-electron chi connectivity index (χ4n) is 3.26. The van der Waals surface area contributed by atoms with Crippen LogP contribution in [0.5, 0.6) is 0 Å². The van der Waals surface area contributed by atoms with Crippen molar-refractivity contribution in [3.63, 3.8) is 0 Å². The number of hydrogen-bond donors (Lipinski definition) is 0. The molecule has 9 nitrogen and oxygen atoms in total. The highest BCUT2D eigenvalue weighted by Gasteiger charge is 2.32. The summed E-state index contributed by atoms with van der Waals surface area (Å²) in [6.45, 7) is 2.36. The van der Waals surface area contributed by atoms with Gasteiger partial charge >= 0.3 is 11.8 Å². The van der Waals surface area contributed by atoms with E-state index >= 15 is 0 Å². The van der Waals surface area contributed by atoms with Gasteiger partial charge < -0.3 is 14.7 Å². The second-order valence-corrected chi connectivity index (χ2v) is 7.67. The number of benzene rings is 1. The highest BCUT2D eigenvalue weighted by Crippen LogP contribution is 2.22. The van der Waals surface area contributed by atoms with Crippen LogP contribution in [0.1, 0.15) is 23.2 Å². The van der Waals surface area contributed by atoms with Crippen molar-refractivity contribution in [2.75, 3.05) is 39.3 Å². The smallest absolute Gasteiger partial charge is 0.312 e. The van der Waals surface area contributed by atoms with E-state index in [4.69, 9.17) is 0 Å². The van der Waals surface area contributed by atoms with Crippen molar-refractivity contribution < 1.29 is 19.3 Å². The lowest BCUT2D eigenvalue weighted by Crippen LogP contribution is -2.54. The summed E-state index contributed by atoms with van der Waals surface area (Å²) in [4.78, 5) is 52.3. The predicted octanol–water partition coefficient (Wildman–Crippen LogP) is 1.11. The minimum Gasteiger partial charge on any atom is -0.335 e. The number of likely N-dealkylation sites (tertiary alicyclic amines) is 1. The molecule has 0 atom stereocenters. The number of halogens is 1. The Morgan fingerprint density at radius 2 is 1.41 bits per heavy atom. The maximum absolute atomic E-state index is 12.7. The molecule has 10 heteroatoms. The summed E-state index contributed by atoms with van der Waals surface area (Å²) in [6.07, 6.45) is 1.84. The van der Waals surface area contributed by atoms with E-state index in [-0.39, 0.29) is 43.3 Å². The molecule has 2 fully saturated rings. The molecule has 0 N–H and O–H groups in total. The van der Waals surface area contributed by atoms with Gasteiger partial charge in [0.2, 0.25) is 0 Å². The molecule has 0 aliphatic carbocycles. The molecular weight excluding hydrogens is 467 g/mol. The normalized spacial score (nSPS) is 17.1. The van der Waals surface area contributed by atoms with Gasteiger partial charge in [-0.3, -0.25) is 24.5 Å². The van der Waals surface area contributed by atoms with Crippen LogP contribution in [-0.2, 0) is 9.59 Å². The van der Waals surface area contributed by atoms with Crippen LogP contribution in [-0.4, -0.2) is 76.6 Å². The van der Waals surface area contributed by atoms with Crippen molar-refractivity contribution in [3.8, 4) is 0 Å². The zero-order valence-corrected chi connectivity index (χ0v) is 16.8. The first kappa shape index (κ1) is 19.5. The van der Waals surface area contributed by atoms with Crippen LogP contribution in [0.15, 0.2) is 18.2 Å². The highest BCUT2D eigenvalue weighted by atomic mass is 127. The molecule has 1 aromatic rings. The summed E-state index contributed by atoms with van der Waals surface area (Å²) in [5, 5.41) is 11.0. The van der Waals surface area contributed by atoms with Gasteiger partial charge in [0.1, 0.15) is 0 Å². The molecule has 2 heterocycles. The Labute approximate surface area is 169 Å². The number of piperazine rings is 1. The molecule has 2 aliphatic rings. The minimum absolute atomic E-state index is 0.135. The first-order valence-electron chi connectivity index (χ1n) is 8.70. The third kappa shape index (κ3) is 4.20. The van der Waals surface area contributed by atoms with Gasteiger partial charge in [-0.1, -0.05) is 0 Å². The SMILES string of the molecule is O=C(C(=O)N1CCN(C(=O)c2cc([N+](=O)[O-])ccc2I)CC1)N1CCCC1. The van der Waals surface area contributed by atoms with E-state index in [2.05, 4.69) is 0 Å². The third-order valence-corrected chi connectivity index (χ3v) is 5.76. The molecule has 144 valence electrons. The number of rotatable bonds is 2. The molecule has 0 radical (unpaired) electrons. The van der Waals surface area contributed by atoms with Crippen LogP contribution in [0.4, 0.5) is 5.69 Å².